The first-order valence-electron chi connectivity index (χ1n) is 7.02. The van der Waals surface area contributed by atoms with Crippen molar-refractivity contribution in [3.63, 3.8) is 0 Å². The molecule has 4 atom stereocenters. The van der Waals surface area contributed by atoms with E-state index in [0.29, 0.717) is 13.0 Å². The molecule has 112 valence electrons. The van der Waals surface area contributed by atoms with E-state index in [4.69, 9.17) is 18.9 Å². The van der Waals surface area contributed by atoms with Gasteiger partial charge in [0.15, 0.2) is 11.6 Å². The molecule has 1 N–H and O–H groups in total. The molecule has 2 saturated heterocycles. The predicted molar refractivity (Wildman–Crippen MR) is 69.6 cm³/mol. The molecule has 0 aromatic carbocycles. The molecule has 0 aliphatic carbocycles. The van der Waals surface area contributed by atoms with Crippen LogP contribution in [0.25, 0.3) is 0 Å². The lowest BCUT2D eigenvalue weighted by molar-refractivity contribution is -0.310. The lowest BCUT2D eigenvalue weighted by atomic mass is 9.94. The molecule has 2 unspecified atom stereocenters. The van der Waals surface area contributed by atoms with Crippen molar-refractivity contribution in [1.82, 2.24) is 0 Å². The molecule has 2 fully saturated rings. The Kier molecular flexibility index (Phi) is 4.23. The van der Waals surface area contributed by atoms with Gasteiger partial charge in [0.1, 0.15) is 6.10 Å². The van der Waals surface area contributed by atoms with E-state index in [9.17, 15) is 5.11 Å². The first kappa shape index (κ1) is 15.2. The minimum Gasteiger partial charge on any atom is -0.396 e. The maximum absolute atomic E-state index is 9.18. The molecule has 2 heterocycles. The van der Waals surface area contributed by atoms with Gasteiger partial charge in [0.25, 0.3) is 0 Å². The Bertz CT molecular complexity index is 315. The van der Waals surface area contributed by atoms with Crippen LogP contribution in [0.15, 0.2) is 0 Å². The fourth-order valence-electron chi connectivity index (χ4n) is 2.79. The van der Waals surface area contributed by atoms with Gasteiger partial charge in [-0.05, 0) is 34.1 Å². The van der Waals surface area contributed by atoms with Gasteiger partial charge in [0, 0.05) is 12.5 Å². The first-order chi connectivity index (χ1) is 8.74. The summed E-state index contributed by atoms with van der Waals surface area (Å²) in [6.07, 6.45) is 0.172. The number of aliphatic hydroxyl groups is 1. The van der Waals surface area contributed by atoms with E-state index in [0.717, 1.165) is 0 Å². The fourth-order valence-corrected chi connectivity index (χ4v) is 2.79. The molecule has 5 nitrogen and oxygen atoms in total. The Balaban J connectivity index is 2.13. The molecule has 2 aliphatic heterocycles. The van der Waals surface area contributed by atoms with Gasteiger partial charge < -0.3 is 24.1 Å². The molecule has 19 heavy (non-hydrogen) atoms. The summed E-state index contributed by atoms with van der Waals surface area (Å²) in [5.41, 5.74) is 0. The Labute approximate surface area is 115 Å². The highest BCUT2D eigenvalue weighted by molar-refractivity contribution is 4.91. The number of hydrogen-bond donors (Lipinski definition) is 1. The predicted octanol–water partition coefficient (Wildman–Crippen LogP) is 1.68. The van der Waals surface area contributed by atoms with Gasteiger partial charge >= 0.3 is 0 Å². The summed E-state index contributed by atoms with van der Waals surface area (Å²) in [6.45, 7) is 10.4. The van der Waals surface area contributed by atoms with E-state index in [1.165, 1.54) is 0 Å². The Morgan fingerprint density at radius 2 is 1.63 bits per heavy atom. The molecule has 0 aromatic rings. The van der Waals surface area contributed by atoms with Crippen molar-refractivity contribution in [2.45, 2.75) is 70.9 Å². The minimum atomic E-state index is -0.629. The van der Waals surface area contributed by atoms with E-state index in [1.54, 1.807) is 0 Å². The van der Waals surface area contributed by atoms with Crippen LogP contribution in [0.2, 0.25) is 0 Å². The number of aliphatic hydroxyl groups excluding tert-OH is 1. The van der Waals surface area contributed by atoms with Gasteiger partial charge in [0.2, 0.25) is 0 Å². The second-order valence-corrected chi connectivity index (χ2v) is 6.42. The standard InChI is InChI=1S/C14H26O5/c1-9-8-16-13(2,3)18-11(9)12-10(6-7-15)17-14(4,5)19-12/h9-12,15H,6-8H2,1-5H3/t9?,10?,11-,12+/m0/s1. The van der Waals surface area contributed by atoms with Crippen LogP contribution in [0, 0.1) is 5.92 Å². The maximum Gasteiger partial charge on any atom is 0.163 e. The Morgan fingerprint density at radius 1 is 1.00 bits per heavy atom. The van der Waals surface area contributed by atoms with Crippen LogP contribution in [-0.2, 0) is 18.9 Å². The average Bonchev–Trinajstić information content (AvgIpc) is 2.58. The summed E-state index contributed by atoms with van der Waals surface area (Å²) in [6, 6.07) is 0. The van der Waals surface area contributed by atoms with E-state index in [2.05, 4.69) is 6.92 Å². The van der Waals surface area contributed by atoms with E-state index >= 15 is 0 Å². The summed E-state index contributed by atoms with van der Waals surface area (Å²) in [7, 11) is 0. The zero-order valence-corrected chi connectivity index (χ0v) is 12.5. The summed E-state index contributed by atoms with van der Waals surface area (Å²) >= 11 is 0. The van der Waals surface area contributed by atoms with E-state index in [-0.39, 0.29) is 30.8 Å². The second kappa shape index (κ2) is 5.30. The summed E-state index contributed by atoms with van der Waals surface area (Å²) in [5.74, 6) is -0.996. The van der Waals surface area contributed by atoms with E-state index in [1.807, 2.05) is 27.7 Å². The molecule has 0 aromatic heterocycles. The monoisotopic (exact) mass is 274 g/mol. The molecular weight excluding hydrogens is 248 g/mol. The molecule has 5 heteroatoms. The van der Waals surface area contributed by atoms with Crippen molar-refractivity contribution in [3.8, 4) is 0 Å². The van der Waals surface area contributed by atoms with Crippen LogP contribution in [0.3, 0.4) is 0 Å². The highest BCUT2D eigenvalue weighted by atomic mass is 16.8. The SMILES string of the molecule is CC1COC(C)(C)O[C@@H]1[C@@H]1OC(C)(C)OC1CCO. The fraction of sp³-hybridized carbons (Fsp3) is 1.00. The van der Waals surface area contributed by atoms with Crippen molar-refractivity contribution in [2.24, 2.45) is 5.92 Å². The zero-order valence-electron chi connectivity index (χ0n) is 12.5. The van der Waals surface area contributed by atoms with Gasteiger partial charge in [-0.3, -0.25) is 0 Å². The molecule has 0 spiro atoms. The lowest BCUT2D eigenvalue weighted by Gasteiger charge is -2.42. The molecule has 0 bridgehead atoms. The third-order valence-electron chi connectivity index (χ3n) is 3.63. The van der Waals surface area contributed by atoms with Crippen LogP contribution in [0.5, 0.6) is 0 Å². The Morgan fingerprint density at radius 3 is 2.26 bits per heavy atom. The van der Waals surface area contributed by atoms with Crippen LogP contribution < -0.4 is 0 Å². The van der Waals surface area contributed by atoms with E-state index < -0.39 is 11.6 Å². The molecule has 0 radical (unpaired) electrons. The van der Waals surface area contributed by atoms with Gasteiger partial charge in [-0.2, -0.15) is 0 Å². The summed E-state index contributed by atoms with van der Waals surface area (Å²) in [4.78, 5) is 0. The average molecular weight is 274 g/mol. The summed E-state index contributed by atoms with van der Waals surface area (Å²) in [5, 5.41) is 9.18. The third-order valence-corrected chi connectivity index (χ3v) is 3.63. The van der Waals surface area contributed by atoms with Crippen molar-refractivity contribution >= 4 is 0 Å². The molecule has 2 aliphatic rings. The third kappa shape index (κ3) is 3.47. The van der Waals surface area contributed by atoms with Crippen molar-refractivity contribution < 1.29 is 24.1 Å². The smallest absolute Gasteiger partial charge is 0.163 e. The van der Waals surface area contributed by atoms with Crippen molar-refractivity contribution in [1.29, 1.82) is 0 Å². The first-order valence-corrected chi connectivity index (χ1v) is 7.02. The van der Waals surface area contributed by atoms with Gasteiger partial charge in [-0.25, -0.2) is 0 Å². The molecule has 0 amide bonds. The second-order valence-electron chi connectivity index (χ2n) is 6.42. The maximum atomic E-state index is 9.18. The Hall–Kier alpha value is -0.200. The lowest BCUT2D eigenvalue weighted by Crippen LogP contribution is -2.52. The number of rotatable bonds is 3. The van der Waals surface area contributed by atoms with Crippen LogP contribution in [0.4, 0.5) is 0 Å². The van der Waals surface area contributed by atoms with Crippen LogP contribution in [-0.4, -0.2) is 48.2 Å². The molecule has 2 rings (SSSR count). The van der Waals surface area contributed by atoms with Crippen molar-refractivity contribution in [2.75, 3.05) is 13.2 Å². The minimum absolute atomic E-state index is 0.0814. The topological polar surface area (TPSA) is 57.2 Å². The molecule has 0 saturated carbocycles. The summed E-state index contributed by atoms with van der Waals surface area (Å²) < 4.78 is 23.5. The van der Waals surface area contributed by atoms with Gasteiger partial charge in [0.05, 0.1) is 18.8 Å². The highest BCUT2D eigenvalue weighted by Crippen LogP contribution is 2.38. The van der Waals surface area contributed by atoms with Crippen LogP contribution in [0.1, 0.15) is 41.0 Å². The normalized spacial score (nSPS) is 41.4. The largest absolute Gasteiger partial charge is 0.396 e. The van der Waals surface area contributed by atoms with Gasteiger partial charge in [-0.15, -0.1) is 0 Å². The number of ether oxygens (including phenoxy) is 4. The molecular formula is C14H26O5. The highest BCUT2D eigenvalue weighted by Gasteiger charge is 2.49. The van der Waals surface area contributed by atoms with Crippen molar-refractivity contribution in [3.05, 3.63) is 0 Å². The zero-order chi connectivity index (χ0) is 14.3. The van der Waals surface area contributed by atoms with Crippen LogP contribution >= 0.6 is 0 Å². The van der Waals surface area contributed by atoms with Gasteiger partial charge in [-0.1, -0.05) is 6.92 Å². The quantitative estimate of drug-likeness (QED) is 0.848. The number of hydrogen-bond acceptors (Lipinski definition) is 5.